The molecule has 1 heterocycles. The van der Waals surface area contributed by atoms with Crippen molar-refractivity contribution in [2.75, 3.05) is 0 Å². The second kappa shape index (κ2) is 6.52. The lowest BCUT2D eigenvalue weighted by molar-refractivity contribution is 0.431. The third kappa shape index (κ3) is 3.18. The molecule has 0 saturated carbocycles. The topological polar surface area (TPSA) is 84.0 Å². The summed E-state index contributed by atoms with van der Waals surface area (Å²) in [6, 6.07) is 13.5. The SMILES string of the molecule is C=CCn1c(O)c(N=NS(=O)(=O)c2ccc(C)cc2)c2ccccc21. The summed E-state index contributed by atoms with van der Waals surface area (Å²) in [5, 5.41) is 14.9. The van der Waals surface area contributed by atoms with Gasteiger partial charge >= 0.3 is 0 Å². The molecule has 7 heteroatoms. The Morgan fingerprint density at radius 3 is 2.52 bits per heavy atom. The number of aromatic nitrogens is 1. The van der Waals surface area contributed by atoms with Gasteiger partial charge in [-0.2, -0.15) is 8.42 Å². The third-order valence-corrected chi connectivity index (χ3v) is 4.96. The van der Waals surface area contributed by atoms with Gasteiger partial charge in [-0.25, -0.2) is 0 Å². The fourth-order valence-electron chi connectivity index (χ4n) is 2.54. The Morgan fingerprint density at radius 1 is 1.16 bits per heavy atom. The van der Waals surface area contributed by atoms with Crippen molar-refractivity contribution in [2.24, 2.45) is 9.63 Å². The molecule has 0 saturated heterocycles. The summed E-state index contributed by atoms with van der Waals surface area (Å²) < 4.78 is 29.8. The van der Waals surface area contributed by atoms with Crippen molar-refractivity contribution >= 4 is 26.6 Å². The molecular formula is C18H17N3O3S. The molecule has 6 nitrogen and oxygen atoms in total. The summed E-state index contributed by atoms with van der Waals surface area (Å²) in [5.74, 6) is -0.149. The highest BCUT2D eigenvalue weighted by Crippen LogP contribution is 2.39. The number of nitrogens with zero attached hydrogens (tertiary/aromatic N) is 3. The molecule has 0 amide bonds. The number of rotatable bonds is 5. The van der Waals surface area contributed by atoms with Crippen molar-refractivity contribution in [1.82, 2.24) is 4.57 Å². The van der Waals surface area contributed by atoms with Gasteiger partial charge in [0, 0.05) is 11.9 Å². The van der Waals surface area contributed by atoms with Gasteiger partial charge in [0.05, 0.1) is 10.4 Å². The van der Waals surface area contributed by atoms with Crippen LogP contribution in [-0.2, 0) is 16.6 Å². The van der Waals surface area contributed by atoms with Gasteiger partial charge < -0.3 is 9.67 Å². The molecule has 1 aromatic heterocycles. The first-order valence-electron chi connectivity index (χ1n) is 7.60. The van der Waals surface area contributed by atoms with E-state index >= 15 is 0 Å². The molecule has 0 bridgehead atoms. The summed E-state index contributed by atoms with van der Waals surface area (Å²) in [7, 11) is -3.95. The number of hydrogen-bond acceptors (Lipinski definition) is 4. The number of benzene rings is 2. The van der Waals surface area contributed by atoms with E-state index in [0.29, 0.717) is 11.9 Å². The van der Waals surface area contributed by atoms with Gasteiger partial charge in [0.2, 0.25) is 5.88 Å². The van der Waals surface area contributed by atoms with Gasteiger partial charge in [-0.1, -0.05) is 46.5 Å². The van der Waals surface area contributed by atoms with Crippen LogP contribution in [0.3, 0.4) is 0 Å². The van der Waals surface area contributed by atoms with Crippen LogP contribution in [0, 0.1) is 6.92 Å². The molecule has 0 atom stereocenters. The van der Waals surface area contributed by atoms with Crippen molar-refractivity contribution in [2.45, 2.75) is 18.4 Å². The van der Waals surface area contributed by atoms with E-state index in [1.54, 1.807) is 34.9 Å². The summed E-state index contributed by atoms with van der Waals surface area (Å²) in [6.07, 6.45) is 1.64. The first-order chi connectivity index (χ1) is 11.9. The minimum absolute atomic E-state index is 0.0520. The Kier molecular flexibility index (Phi) is 4.41. The van der Waals surface area contributed by atoms with E-state index in [2.05, 4.69) is 16.2 Å². The largest absolute Gasteiger partial charge is 0.493 e. The standard InChI is InChI=1S/C18H17N3O3S/c1-3-12-21-16-7-5-4-6-15(16)17(18(21)22)19-20-25(23,24)14-10-8-13(2)9-11-14/h3-11,22H,1,12H2,2H3. The lowest BCUT2D eigenvalue weighted by atomic mass is 10.2. The quantitative estimate of drug-likeness (QED) is 0.546. The maximum atomic E-state index is 12.3. The van der Waals surface area contributed by atoms with E-state index in [4.69, 9.17) is 0 Å². The molecule has 0 fully saturated rings. The first kappa shape index (κ1) is 16.9. The number of sulfonamides is 1. The zero-order chi connectivity index (χ0) is 18.0. The second-order valence-electron chi connectivity index (χ2n) is 5.56. The van der Waals surface area contributed by atoms with Crippen molar-refractivity contribution in [3.8, 4) is 5.88 Å². The molecule has 0 aliphatic heterocycles. The Bertz CT molecular complexity index is 1060. The van der Waals surface area contributed by atoms with E-state index in [9.17, 15) is 13.5 Å². The third-order valence-electron chi connectivity index (χ3n) is 3.80. The number of aryl methyl sites for hydroxylation is 1. The molecule has 25 heavy (non-hydrogen) atoms. The summed E-state index contributed by atoms with van der Waals surface area (Å²) in [5.41, 5.74) is 1.79. The van der Waals surface area contributed by atoms with E-state index in [0.717, 1.165) is 11.1 Å². The van der Waals surface area contributed by atoms with Crippen LogP contribution in [0.4, 0.5) is 5.69 Å². The van der Waals surface area contributed by atoms with E-state index in [1.165, 1.54) is 12.1 Å². The lowest BCUT2D eigenvalue weighted by Crippen LogP contribution is -1.95. The number of hydrogen-bond donors (Lipinski definition) is 1. The van der Waals surface area contributed by atoms with Crippen molar-refractivity contribution < 1.29 is 13.5 Å². The highest BCUT2D eigenvalue weighted by Gasteiger charge is 2.18. The molecule has 3 rings (SSSR count). The second-order valence-corrected chi connectivity index (χ2v) is 7.14. The van der Waals surface area contributed by atoms with E-state index in [-0.39, 0.29) is 16.5 Å². The monoisotopic (exact) mass is 355 g/mol. The normalized spacial score (nSPS) is 12.0. The zero-order valence-corrected chi connectivity index (χ0v) is 14.4. The zero-order valence-electron chi connectivity index (χ0n) is 13.6. The van der Waals surface area contributed by atoms with E-state index in [1.807, 2.05) is 19.1 Å². The molecular weight excluding hydrogens is 338 g/mol. The minimum atomic E-state index is -3.95. The van der Waals surface area contributed by atoms with Gasteiger partial charge in [-0.15, -0.1) is 11.7 Å². The smallest absolute Gasteiger partial charge is 0.299 e. The molecule has 2 aromatic carbocycles. The van der Waals surface area contributed by atoms with Crippen molar-refractivity contribution in [1.29, 1.82) is 0 Å². The van der Waals surface area contributed by atoms with Crippen LogP contribution >= 0.6 is 0 Å². The maximum Gasteiger partial charge on any atom is 0.299 e. The van der Waals surface area contributed by atoms with Crippen molar-refractivity contribution in [3.63, 3.8) is 0 Å². The number of fused-ring (bicyclic) bond motifs is 1. The van der Waals surface area contributed by atoms with Crippen LogP contribution in [0.15, 0.2) is 75.7 Å². The predicted molar refractivity (Wildman–Crippen MR) is 96.7 cm³/mol. The van der Waals surface area contributed by atoms with Crippen LogP contribution in [0.5, 0.6) is 5.88 Å². The predicted octanol–water partition coefficient (Wildman–Crippen LogP) is 4.31. The number of aromatic hydroxyl groups is 1. The molecule has 3 aromatic rings. The molecule has 0 aliphatic rings. The van der Waals surface area contributed by atoms with Gasteiger partial charge in [-0.3, -0.25) is 0 Å². The maximum absolute atomic E-state index is 12.3. The fourth-order valence-corrected chi connectivity index (χ4v) is 3.30. The molecule has 128 valence electrons. The van der Waals surface area contributed by atoms with Gasteiger partial charge in [0.15, 0.2) is 5.69 Å². The minimum Gasteiger partial charge on any atom is -0.493 e. The summed E-state index contributed by atoms with van der Waals surface area (Å²) in [6.45, 7) is 5.90. The van der Waals surface area contributed by atoms with E-state index < -0.39 is 10.0 Å². The van der Waals surface area contributed by atoms with Crippen LogP contribution in [-0.4, -0.2) is 18.1 Å². The summed E-state index contributed by atoms with van der Waals surface area (Å²) >= 11 is 0. The fraction of sp³-hybridized carbons (Fsp3) is 0.111. The number of allylic oxidation sites excluding steroid dienone is 1. The lowest BCUT2D eigenvalue weighted by Gasteiger charge is -2.01. The Morgan fingerprint density at radius 2 is 1.84 bits per heavy atom. The Hall–Kier alpha value is -2.93. The first-order valence-corrected chi connectivity index (χ1v) is 9.04. The van der Waals surface area contributed by atoms with Gasteiger partial charge in [0.1, 0.15) is 0 Å². The highest BCUT2D eigenvalue weighted by molar-refractivity contribution is 7.90. The molecule has 0 aliphatic carbocycles. The van der Waals surface area contributed by atoms with Gasteiger partial charge in [-0.05, 0) is 25.1 Å². The Labute approximate surface area is 145 Å². The van der Waals surface area contributed by atoms with Crippen LogP contribution in [0.1, 0.15) is 5.56 Å². The van der Waals surface area contributed by atoms with Gasteiger partial charge in [0.25, 0.3) is 10.0 Å². The number of para-hydroxylation sites is 1. The summed E-state index contributed by atoms with van der Waals surface area (Å²) in [4.78, 5) is 0.0520. The average Bonchev–Trinajstić information content (AvgIpc) is 2.86. The average molecular weight is 355 g/mol. The molecule has 0 spiro atoms. The van der Waals surface area contributed by atoms with Crippen LogP contribution in [0.25, 0.3) is 10.9 Å². The highest BCUT2D eigenvalue weighted by atomic mass is 32.2. The van der Waals surface area contributed by atoms with Crippen molar-refractivity contribution in [3.05, 3.63) is 66.7 Å². The Balaban J connectivity index is 2.08. The molecule has 0 radical (unpaired) electrons. The van der Waals surface area contributed by atoms with Crippen LogP contribution in [0.2, 0.25) is 0 Å². The molecule has 0 unspecified atom stereocenters. The molecule has 1 N–H and O–H groups in total. The van der Waals surface area contributed by atoms with Crippen LogP contribution < -0.4 is 0 Å².